The second-order valence-corrected chi connectivity index (χ2v) is 3.93. The zero-order valence-corrected chi connectivity index (χ0v) is 11.0. The smallest absolute Gasteiger partial charge is 0.184 e. The van der Waals surface area contributed by atoms with Crippen molar-refractivity contribution in [1.29, 1.82) is 0 Å². The number of hydrogen-bond donors (Lipinski definition) is 3. The van der Waals surface area contributed by atoms with E-state index in [1.165, 1.54) is 7.11 Å². The second-order valence-electron chi connectivity index (χ2n) is 3.49. The van der Waals surface area contributed by atoms with E-state index in [1.54, 1.807) is 31.2 Å². The van der Waals surface area contributed by atoms with E-state index in [-0.39, 0.29) is 10.9 Å². The lowest BCUT2D eigenvalue weighted by Crippen LogP contribution is -2.24. The molecular weight excluding hydrogens is 250 g/mol. The van der Waals surface area contributed by atoms with Crippen LogP contribution in [-0.4, -0.2) is 23.0 Å². The maximum Gasteiger partial charge on any atom is 0.184 e. The van der Waals surface area contributed by atoms with Gasteiger partial charge in [0, 0.05) is 0 Å². The number of nitrogens with one attached hydrogen (secondary N) is 1. The average molecular weight is 265 g/mol. The summed E-state index contributed by atoms with van der Waals surface area (Å²) in [5, 5.41) is 13.5. The fraction of sp³-hybridized carbons (Fsp3) is 0.167. The van der Waals surface area contributed by atoms with E-state index in [2.05, 4.69) is 22.7 Å². The molecular formula is C12H15N3O2S. The molecule has 18 heavy (non-hydrogen) atoms. The Morgan fingerprint density at radius 2 is 2.28 bits per heavy atom. The van der Waals surface area contributed by atoms with Crippen LogP contribution in [0.3, 0.4) is 0 Å². The van der Waals surface area contributed by atoms with E-state index < -0.39 is 0 Å². The molecule has 1 aromatic carbocycles. The molecule has 0 atom stereocenters. The van der Waals surface area contributed by atoms with Gasteiger partial charge in [-0.25, -0.2) is 0 Å². The van der Waals surface area contributed by atoms with Crippen LogP contribution in [-0.2, 0) is 0 Å². The first-order valence-electron chi connectivity index (χ1n) is 5.17. The van der Waals surface area contributed by atoms with Gasteiger partial charge < -0.3 is 15.6 Å². The Kier molecular flexibility index (Phi) is 5.13. The summed E-state index contributed by atoms with van der Waals surface area (Å²) in [7, 11) is 1.50. The van der Waals surface area contributed by atoms with Crippen LogP contribution in [0.5, 0.6) is 11.5 Å². The molecule has 0 bridgehead atoms. The van der Waals surface area contributed by atoms with Gasteiger partial charge in [0.15, 0.2) is 16.6 Å². The number of hydrazone groups is 1. The lowest BCUT2D eigenvalue weighted by Gasteiger charge is -2.03. The zero-order valence-electron chi connectivity index (χ0n) is 10.2. The molecule has 1 rings (SSSR count). The molecule has 6 heteroatoms. The van der Waals surface area contributed by atoms with Crippen molar-refractivity contribution in [2.75, 3.05) is 7.11 Å². The number of phenols is 1. The molecule has 0 aliphatic rings. The van der Waals surface area contributed by atoms with Crippen molar-refractivity contribution in [3.8, 4) is 11.5 Å². The van der Waals surface area contributed by atoms with Gasteiger partial charge in [-0.1, -0.05) is 12.1 Å². The van der Waals surface area contributed by atoms with Gasteiger partial charge in [-0.15, -0.1) is 0 Å². The molecule has 0 heterocycles. The highest BCUT2D eigenvalue weighted by Crippen LogP contribution is 2.26. The van der Waals surface area contributed by atoms with Gasteiger partial charge in [0.1, 0.15) is 0 Å². The van der Waals surface area contributed by atoms with Gasteiger partial charge in [0.25, 0.3) is 0 Å². The summed E-state index contributed by atoms with van der Waals surface area (Å²) < 4.78 is 5.01. The number of phenolic OH excluding ortho intramolecular Hbond substituents is 1. The van der Waals surface area contributed by atoms with Crippen molar-refractivity contribution in [2.45, 2.75) is 6.92 Å². The van der Waals surface area contributed by atoms with Crippen molar-refractivity contribution in [1.82, 2.24) is 5.43 Å². The van der Waals surface area contributed by atoms with Gasteiger partial charge in [0.05, 0.1) is 12.8 Å². The monoisotopic (exact) mass is 265 g/mol. The Balaban J connectivity index is 2.78. The van der Waals surface area contributed by atoms with Crippen molar-refractivity contribution in [3.05, 3.63) is 29.8 Å². The molecule has 0 aliphatic heterocycles. The second kappa shape index (κ2) is 6.61. The lowest BCUT2D eigenvalue weighted by atomic mass is 10.2. The first-order chi connectivity index (χ1) is 8.52. The van der Waals surface area contributed by atoms with Crippen molar-refractivity contribution >= 4 is 29.1 Å². The third-order valence-corrected chi connectivity index (χ3v) is 2.15. The molecule has 5 nitrogen and oxygen atoms in total. The van der Waals surface area contributed by atoms with Crippen LogP contribution >= 0.6 is 12.2 Å². The summed E-state index contributed by atoms with van der Waals surface area (Å²) in [5.74, 6) is 0.531. The summed E-state index contributed by atoms with van der Waals surface area (Å²) in [5.41, 5.74) is 9.34. The molecule has 0 aromatic heterocycles. The highest BCUT2D eigenvalue weighted by molar-refractivity contribution is 7.80. The van der Waals surface area contributed by atoms with E-state index in [9.17, 15) is 5.11 Å². The molecule has 0 aliphatic carbocycles. The van der Waals surface area contributed by atoms with Crippen LogP contribution < -0.4 is 15.9 Å². The fourth-order valence-corrected chi connectivity index (χ4v) is 1.24. The Hall–Kier alpha value is -2.08. The largest absolute Gasteiger partial charge is 0.504 e. The summed E-state index contributed by atoms with van der Waals surface area (Å²) in [6.07, 6.45) is 3.62. The molecule has 0 radical (unpaired) electrons. The van der Waals surface area contributed by atoms with E-state index in [0.717, 1.165) is 11.3 Å². The highest BCUT2D eigenvalue weighted by atomic mass is 32.1. The van der Waals surface area contributed by atoms with E-state index in [0.29, 0.717) is 5.75 Å². The molecule has 1 aromatic rings. The number of thiocarbonyl (C=S) groups is 1. The minimum absolute atomic E-state index is 0.107. The number of nitrogens with two attached hydrogens (primary N) is 1. The van der Waals surface area contributed by atoms with Crippen molar-refractivity contribution in [3.63, 3.8) is 0 Å². The number of rotatable bonds is 4. The van der Waals surface area contributed by atoms with E-state index >= 15 is 0 Å². The molecule has 0 saturated carbocycles. The van der Waals surface area contributed by atoms with Crippen LogP contribution in [0.15, 0.2) is 29.4 Å². The third kappa shape index (κ3) is 4.42. The average Bonchev–Trinajstić information content (AvgIpc) is 2.35. The minimum Gasteiger partial charge on any atom is -0.504 e. The number of allylic oxidation sites excluding steroid dienone is 1. The topological polar surface area (TPSA) is 79.9 Å². The Morgan fingerprint density at radius 3 is 2.89 bits per heavy atom. The van der Waals surface area contributed by atoms with Crippen LogP contribution in [0.4, 0.5) is 0 Å². The molecule has 4 N–H and O–H groups in total. The van der Waals surface area contributed by atoms with Crippen molar-refractivity contribution < 1.29 is 9.84 Å². The van der Waals surface area contributed by atoms with Crippen LogP contribution in [0.2, 0.25) is 0 Å². The predicted molar refractivity (Wildman–Crippen MR) is 76.7 cm³/mol. The summed E-state index contributed by atoms with van der Waals surface area (Å²) in [4.78, 5) is 0. The first-order valence-corrected chi connectivity index (χ1v) is 5.58. The van der Waals surface area contributed by atoms with Crippen LogP contribution in [0.1, 0.15) is 12.5 Å². The zero-order chi connectivity index (χ0) is 13.5. The molecule has 96 valence electrons. The summed E-state index contributed by atoms with van der Waals surface area (Å²) >= 11 is 4.63. The Bertz CT molecular complexity index is 498. The lowest BCUT2D eigenvalue weighted by molar-refractivity contribution is 0.373. The normalized spacial score (nSPS) is 11.6. The predicted octanol–water partition coefficient (Wildman–Crippen LogP) is 1.62. The maximum absolute atomic E-state index is 9.45. The van der Waals surface area contributed by atoms with Crippen LogP contribution in [0.25, 0.3) is 6.08 Å². The highest BCUT2D eigenvalue weighted by Gasteiger charge is 2.00. The standard InChI is InChI=1S/C12H15N3O2S/c1-8(14-15-12(13)18)3-4-9-5-6-10(16)11(7-9)17-2/h3-7,16H,1-2H3,(H3,13,15,18)/b4-3+,14-8+. The van der Waals surface area contributed by atoms with Gasteiger partial charge in [-0.3, -0.25) is 5.43 Å². The molecule has 0 fully saturated rings. The third-order valence-electron chi connectivity index (χ3n) is 2.06. The van der Waals surface area contributed by atoms with E-state index in [1.807, 2.05) is 6.08 Å². The SMILES string of the molecule is COc1cc(/C=C/C(C)=N/NC(N)=S)ccc1O. The summed E-state index contributed by atoms with van der Waals surface area (Å²) in [6.45, 7) is 1.80. The fourth-order valence-electron chi connectivity index (χ4n) is 1.20. The van der Waals surface area contributed by atoms with Crippen molar-refractivity contribution in [2.24, 2.45) is 10.8 Å². The minimum atomic E-state index is 0.107. The number of hydrogen-bond acceptors (Lipinski definition) is 4. The molecule has 0 amide bonds. The first kappa shape index (κ1) is 14.0. The maximum atomic E-state index is 9.45. The van der Waals surface area contributed by atoms with Gasteiger partial charge in [-0.05, 0) is 42.9 Å². The molecule has 0 saturated heterocycles. The quantitative estimate of drug-likeness (QED) is 0.438. The van der Waals surface area contributed by atoms with Gasteiger partial charge in [-0.2, -0.15) is 5.10 Å². The molecule has 0 unspecified atom stereocenters. The number of ether oxygens (including phenoxy) is 1. The number of benzene rings is 1. The van der Waals surface area contributed by atoms with E-state index in [4.69, 9.17) is 10.5 Å². The number of nitrogens with zero attached hydrogens (tertiary/aromatic N) is 1. The van der Waals surface area contributed by atoms with Crippen LogP contribution in [0, 0.1) is 0 Å². The van der Waals surface area contributed by atoms with Gasteiger partial charge >= 0.3 is 0 Å². The summed E-state index contributed by atoms with van der Waals surface area (Å²) in [6, 6.07) is 5.06. The number of aromatic hydroxyl groups is 1. The Labute approximate surface area is 111 Å². The molecule has 0 spiro atoms. The van der Waals surface area contributed by atoms with Gasteiger partial charge in [0.2, 0.25) is 0 Å². The number of methoxy groups -OCH3 is 1. The Morgan fingerprint density at radius 1 is 1.56 bits per heavy atom.